The molecule has 0 radical (unpaired) electrons. The van der Waals surface area contributed by atoms with E-state index in [2.05, 4.69) is 24.3 Å². The van der Waals surface area contributed by atoms with Crippen molar-refractivity contribution < 1.29 is 14.4 Å². The second-order valence-electron chi connectivity index (χ2n) is 8.48. The molecule has 3 aromatic carbocycles. The van der Waals surface area contributed by atoms with Crippen LogP contribution in [0, 0.1) is 5.92 Å². The highest BCUT2D eigenvalue weighted by atomic mass is 35.5. The van der Waals surface area contributed by atoms with Crippen molar-refractivity contribution in [3.05, 3.63) is 105 Å². The van der Waals surface area contributed by atoms with Crippen LogP contribution in [0.5, 0.6) is 0 Å². The highest BCUT2D eigenvalue weighted by Crippen LogP contribution is 2.35. The van der Waals surface area contributed by atoms with Crippen LogP contribution < -0.4 is 0 Å². The van der Waals surface area contributed by atoms with Crippen molar-refractivity contribution in [2.45, 2.75) is 19.3 Å². The largest absolute Gasteiger partial charge is 0.339 e. The molecule has 1 saturated heterocycles. The molecule has 0 aromatic heterocycles. The minimum atomic E-state index is -0.309. The Bertz CT molecular complexity index is 1230. The Morgan fingerprint density at radius 3 is 2.12 bits per heavy atom. The summed E-state index contributed by atoms with van der Waals surface area (Å²) in [6, 6.07) is 20.3. The summed E-state index contributed by atoms with van der Waals surface area (Å²) in [6.07, 6.45) is 2.86. The first-order valence-electron chi connectivity index (χ1n) is 10.9. The third kappa shape index (κ3) is 3.55. The molecular weight excluding hydrogens is 422 g/mol. The summed E-state index contributed by atoms with van der Waals surface area (Å²) in [5.74, 6) is -0.194. The fraction of sp³-hybridized carbons (Fsp3) is 0.222. The number of benzene rings is 3. The average Bonchev–Trinajstić information content (AvgIpc) is 2.83. The van der Waals surface area contributed by atoms with Crippen LogP contribution in [0.2, 0.25) is 5.02 Å². The molecule has 160 valence electrons. The van der Waals surface area contributed by atoms with Gasteiger partial charge in [0.2, 0.25) is 0 Å². The average molecular weight is 444 g/mol. The lowest BCUT2D eigenvalue weighted by molar-refractivity contribution is 0.0690. The molecule has 0 atom stereocenters. The fourth-order valence-corrected chi connectivity index (χ4v) is 5.10. The lowest BCUT2D eigenvalue weighted by Gasteiger charge is -2.32. The van der Waals surface area contributed by atoms with E-state index in [0.29, 0.717) is 30.1 Å². The number of hydrogen-bond donors (Lipinski definition) is 0. The molecule has 0 bridgehead atoms. The molecule has 1 aliphatic heterocycles. The number of piperidine rings is 1. The Labute approximate surface area is 191 Å². The van der Waals surface area contributed by atoms with Crippen LogP contribution >= 0.6 is 11.6 Å². The number of carbonyl (C=O) groups is 3. The Morgan fingerprint density at radius 2 is 1.44 bits per heavy atom. The summed E-state index contributed by atoms with van der Waals surface area (Å²) in [4.78, 5) is 41.0. The van der Waals surface area contributed by atoms with Crippen molar-refractivity contribution in [3.63, 3.8) is 0 Å². The Hall–Kier alpha value is -3.24. The molecule has 3 aromatic rings. The zero-order chi connectivity index (χ0) is 22.2. The predicted octanol–water partition coefficient (Wildman–Crippen LogP) is 5.21. The smallest absolute Gasteiger partial charge is 0.255 e. The van der Waals surface area contributed by atoms with Gasteiger partial charge >= 0.3 is 0 Å². The van der Waals surface area contributed by atoms with Gasteiger partial charge in [-0.25, -0.2) is 0 Å². The van der Waals surface area contributed by atoms with Crippen molar-refractivity contribution >= 4 is 29.1 Å². The van der Waals surface area contributed by atoms with Crippen LogP contribution in [-0.2, 0) is 6.42 Å². The third-order valence-electron chi connectivity index (χ3n) is 6.53. The van der Waals surface area contributed by atoms with Crippen LogP contribution in [0.4, 0.5) is 0 Å². The minimum Gasteiger partial charge on any atom is -0.339 e. The number of carbonyl (C=O) groups excluding carboxylic acids is 3. The number of amides is 1. The highest BCUT2D eigenvalue weighted by Gasteiger charge is 2.34. The number of halogens is 1. The van der Waals surface area contributed by atoms with E-state index in [9.17, 15) is 14.4 Å². The summed E-state index contributed by atoms with van der Waals surface area (Å²) in [7, 11) is 0. The highest BCUT2D eigenvalue weighted by molar-refractivity contribution is 6.41. The van der Waals surface area contributed by atoms with Crippen LogP contribution in [0.1, 0.15) is 60.6 Å². The first-order chi connectivity index (χ1) is 15.5. The van der Waals surface area contributed by atoms with Crippen molar-refractivity contribution in [2.75, 3.05) is 13.1 Å². The molecule has 1 fully saturated rings. The van der Waals surface area contributed by atoms with Gasteiger partial charge in [0.1, 0.15) is 0 Å². The van der Waals surface area contributed by atoms with E-state index in [1.165, 1.54) is 5.56 Å². The number of likely N-dealkylation sites (tertiary alicyclic amines) is 1. The molecule has 1 aliphatic carbocycles. The van der Waals surface area contributed by atoms with E-state index in [4.69, 9.17) is 11.6 Å². The molecular formula is C27H22ClNO3. The van der Waals surface area contributed by atoms with E-state index in [1.54, 1.807) is 41.3 Å². The summed E-state index contributed by atoms with van der Waals surface area (Å²) in [5.41, 5.74) is 2.71. The third-order valence-corrected chi connectivity index (χ3v) is 6.92. The van der Waals surface area contributed by atoms with Gasteiger partial charge in [0.15, 0.2) is 11.6 Å². The van der Waals surface area contributed by atoms with Crippen LogP contribution in [-0.4, -0.2) is 35.5 Å². The zero-order valence-corrected chi connectivity index (χ0v) is 18.3. The topological polar surface area (TPSA) is 54.5 Å². The lowest BCUT2D eigenvalue weighted by atomic mass is 9.83. The fourth-order valence-electron chi connectivity index (χ4n) is 4.77. The Morgan fingerprint density at radius 1 is 0.812 bits per heavy atom. The van der Waals surface area contributed by atoms with Crippen LogP contribution in [0.25, 0.3) is 0 Å². The summed E-state index contributed by atoms with van der Waals surface area (Å²) < 4.78 is 0. The van der Waals surface area contributed by atoms with Gasteiger partial charge in [0.05, 0.1) is 16.1 Å². The molecule has 5 heteroatoms. The molecule has 0 spiro atoms. The van der Waals surface area contributed by atoms with Crippen molar-refractivity contribution in [1.29, 1.82) is 0 Å². The maximum absolute atomic E-state index is 13.3. The standard InChI is InChI=1S/C27H22ClNO3/c28-24-22(11-10-21-23(24)26(31)20-9-5-4-8-19(20)25(21)30)27(32)29-14-12-18(13-15-29)16-17-6-2-1-3-7-17/h1-11,18H,12-16H2. The first-order valence-corrected chi connectivity index (χ1v) is 11.3. The molecule has 32 heavy (non-hydrogen) atoms. The van der Waals surface area contributed by atoms with Gasteiger partial charge in [-0.3, -0.25) is 14.4 Å². The predicted molar refractivity (Wildman–Crippen MR) is 124 cm³/mol. The number of rotatable bonds is 3. The molecule has 2 aliphatic rings. The van der Waals surface area contributed by atoms with Gasteiger partial charge in [-0.15, -0.1) is 0 Å². The second-order valence-corrected chi connectivity index (χ2v) is 8.86. The van der Waals surface area contributed by atoms with E-state index in [1.807, 2.05) is 6.07 Å². The monoisotopic (exact) mass is 443 g/mol. The lowest BCUT2D eigenvalue weighted by Crippen LogP contribution is -2.39. The molecule has 5 rings (SSSR count). The van der Waals surface area contributed by atoms with Gasteiger partial charge in [0.25, 0.3) is 5.91 Å². The molecule has 1 heterocycles. The van der Waals surface area contributed by atoms with Crippen molar-refractivity contribution in [2.24, 2.45) is 5.92 Å². The quantitative estimate of drug-likeness (QED) is 0.436. The molecule has 0 saturated carbocycles. The van der Waals surface area contributed by atoms with E-state index in [0.717, 1.165) is 19.3 Å². The van der Waals surface area contributed by atoms with Gasteiger partial charge in [-0.1, -0.05) is 66.2 Å². The molecule has 4 nitrogen and oxygen atoms in total. The number of fused-ring (bicyclic) bond motifs is 2. The zero-order valence-electron chi connectivity index (χ0n) is 17.5. The van der Waals surface area contributed by atoms with Crippen molar-refractivity contribution in [1.82, 2.24) is 4.90 Å². The molecule has 1 amide bonds. The SMILES string of the molecule is O=C1c2ccccc2C(=O)c2c1ccc(C(=O)N1CCC(Cc3ccccc3)CC1)c2Cl. The van der Waals surface area contributed by atoms with Crippen LogP contribution in [0.3, 0.4) is 0 Å². The van der Waals surface area contributed by atoms with Gasteiger partial charge < -0.3 is 4.90 Å². The van der Waals surface area contributed by atoms with Gasteiger partial charge in [0, 0.05) is 29.8 Å². The number of nitrogens with zero attached hydrogens (tertiary/aromatic N) is 1. The van der Waals surface area contributed by atoms with E-state index >= 15 is 0 Å². The van der Waals surface area contributed by atoms with Gasteiger partial charge in [-0.2, -0.15) is 0 Å². The summed E-state index contributed by atoms with van der Waals surface area (Å²) in [5, 5.41) is 0.0757. The summed E-state index contributed by atoms with van der Waals surface area (Å²) in [6.45, 7) is 1.30. The number of ketones is 2. The first kappa shape index (κ1) is 20.7. The number of hydrogen-bond acceptors (Lipinski definition) is 3. The van der Waals surface area contributed by atoms with Crippen molar-refractivity contribution in [3.8, 4) is 0 Å². The van der Waals surface area contributed by atoms with E-state index in [-0.39, 0.29) is 39.2 Å². The normalized spacial score (nSPS) is 16.0. The maximum atomic E-state index is 13.3. The Balaban J connectivity index is 1.36. The van der Waals surface area contributed by atoms with E-state index < -0.39 is 0 Å². The molecule has 0 N–H and O–H groups in total. The maximum Gasteiger partial charge on any atom is 0.255 e. The summed E-state index contributed by atoms with van der Waals surface area (Å²) >= 11 is 6.58. The molecule has 0 unspecified atom stereocenters. The Kier molecular flexibility index (Phi) is 5.40. The second kappa shape index (κ2) is 8.36. The van der Waals surface area contributed by atoms with Crippen LogP contribution in [0.15, 0.2) is 66.7 Å². The minimum absolute atomic E-state index is 0.0757. The van der Waals surface area contributed by atoms with Gasteiger partial charge in [-0.05, 0) is 42.9 Å².